The summed E-state index contributed by atoms with van der Waals surface area (Å²) >= 11 is 4.07. The van der Waals surface area contributed by atoms with Crippen molar-refractivity contribution in [2.75, 3.05) is 0 Å². The van der Waals surface area contributed by atoms with Gasteiger partial charge in [0.2, 0.25) is 0 Å². The van der Waals surface area contributed by atoms with Crippen LogP contribution in [0.3, 0.4) is 0 Å². The van der Waals surface area contributed by atoms with Crippen molar-refractivity contribution in [1.29, 1.82) is 0 Å². The van der Waals surface area contributed by atoms with E-state index in [1.807, 2.05) is 83.8 Å². The molecule has 0 amide bonds. The summed E-state index contributed by atoms with van der Waals surface area (Å²) in [4.78, 5) is 11.9. The van der Waals surface area contributed by atoms with Gasteiger partial charge in [-0.05, 0) is 47.9 Å². The molecule has 2 aromatic rings. The van der Waals surface area contributed by atoms with Crippen LogP contribution in [-0.2, 0) is 11.2 Å². The number of carboxylic acids is 1. The molecule has 2 N–H and O–H groups in total. The first-order chi connectivity index (χ1) is 11.8. The average Bonchev–Trinajstić information content (AvgIpc) is 2.55. The zero-order valence-corrected chi connectivity index (χ0v) is 18.1. The zero-order valence-electron chi connectivity index (χ0n) is 13.8. The van der Waals surface area contributed by atoms with Gasteiger partial charge >= 0.3 is 5.97 Å². The van der Waals surface area contributed by atoms with Crippen LogP contribution in [0.1, 0.15) is 19.4 Å². The van der Waals surface area contributed by atoms with Gasteiger partial charge in [-0.3, -0.25) is 4.79 Å². The first-order valence-electron chi connectivity index (χ1n) is 7.66. The largest absolute Gasteiger partial charge is 0.508 e. The SMILES string of the molecule is CC(C)C(Cc1ccc(Oc2ccc(O)cc2)cc1)(C(=O)O)N(I)I. The Bertz CT molecular complexity index is 707. The van der Waals surface area contributed by atoms with E-state index in [1.54, 1.807) is 25.6 Å². The molecule has 2 aromatic carbocycles. The predicted molar refractivity (Wildman–Crippen MR) is 113 cm³/mol. The molecule has 0 aliphatic heterocycles. The summed E-state index contributed by atoms with van der Waals surface area (Å²) in [6.07, 6.45) is 0.394. The quantitative estimate of drug-likeness (QED) is 0.356. The van der Waals surface area contributed by atoms with Crippen LogP contribution in [0.5, 0.6) is 17.2 Å². The molecular weight excluding hydrogens is 548 g/mol. The number of carbonyl (C=O) groups is 1. The molecule has 0 saturated heterocycles. The zero-order chi connectivity index (χ0) is 18.6. The number of nitrogens with zero attached hydrogens (tertiary/aromatic N) is 1. The maximum Gasteiger partial charge on any atom is 0.326 e. The Labute approximate surface area is 175 Å². The van der Waals surface area contributed by atoms with Gasteiger partial charge in [0.15, 0.2) is 0 Å². The first-order valence-corrected chi connectivity index (χ1v) is 9.59. The summed E-state index contributed by atoms with van der Waals surface area (Å²) in [5.41, 5.74) is -0.0621. The van der Waals surface area contributed by atoms with Crippen molar-refractivity contribution in [2.45, 2.75) is 25.8 Å². The Hall–Kier alpha value is -1.07. The second-order valence-electron chi connectivity index (χ2n) is 6.03. The summed E-state index contributed by atoms with van der Waals surface area (Å²) in [5.74, 6) is 0.560. The lowest BCUT2D eigenvalue weighted by atomic mass is 9.82. The minimum atomic E-state index is -0.986. The molecular formula is C18H19I2NO4. The normalized spacial score (nSPS) is 13.7. The van der Waals surface area contributed by atoms with Gasteiger partial charge in [-0.15, -0.1) is 0 Å². The lowest BCUT2D eigenvalue weighted by molar-refractivity contribution is -0.147. The Balaban J connectivity index is 2.18. The molecule has 0 aromatic heterocycles. The summed E-state index contributed by atoms with van der Waals surface area (Å²) in [7, 11) is 0. The maximum absolute atomic E-state index is 11.9. The van der Waals surface area contributed by atoms with Crippen molar-refractivity contribution in [3.8, 4) is 17.2 Å². The molecule has 134 valence electrons. The number of rotatable bonds is 7. The smallest absolute Gasteiger partial charge is 0.326 e. The fourth-order valence-corrected chi connectivity index (χ4v) is 4.36. The third-order valence-corrected chi connectivity index (χ3v) is 5.82. The van der Waals surface area contributed by atoms with Crippen molar-refractivity contribution in [1.82, 2.24) is 1.33 Å². The van der Waals surface area contributed by atoms with Crippen LogP contribution in [0.4, 0.5) is 0 Å². The number of halogens is 2. The number of carboxylic acid groups (broad SMARTS) is 1. The number of hydrogen-bond acceptors (Lipinski definition) is 4. The lowest BCUT2D eigenvalue weighted by Gasteiger charge is -2.36. The van der Waals surface area contributed by atoms with E-state index in [1.165, 1.54) is 0 Å². The Morgan fingerprint density at radius 2 is 1.56 bits per heavy atom. The third kappa shape index (κ3) is 4.76. The summed E-state index contributed by atoms with van der Waals surface area (Å²) in [5, 5.41) is 19.1. The van der Waals surface area contributed by atoms with Gasteiger partial charge in [0.25, 0.3) is 0 Å². The van der Waals surface area contributed by atoms with Crippen molar-refractivity contribution >= 4 is 51.7 Å². The highest BCUT2D eigenvalue weighted by Gasteiger charge is 2.46. The van der Waals surface area contributed by atoms with Crippen LogP contribution >= 0.6 is 45.7 Å². The van der Waals surface area contributed by atoms with E-state index in [0.29, 0.717) is 17.9 Å². The van der Waals surface area contributed by atoms with Gasteiger partial charge in [0.1, 0.15) is 22.8 Å². The fraction of sp³-hybridized carbons (Fsp3) is 0.278. The molecule has 7 heteroatoms. The van der Waals surface area contributed by atoms with Crippen molar-refractivity contribution in [3.63, 3.8) is 0 Å². The predicted octanol–water partition coefficient (Wildman–Crippen LogP) is 5.21. The van der Waals surface area contributed by atoms with Gasteiger partial charge in [-0.1, -0.05) is 26.0 Å². The van der Waals surface area contributed by atoms with E-state index in [4.69, 9.17) is 4.74 Å². The molecule has 2 rings (SSSR count). The number of ether oxygens (including phenoxy) is 1. The molecule has 0 fully saturated rings. The van der Waals surface area contributed by atoms with E-state index in [-0.39, 0.29) is 11.7 Å². The minimum absolute atomic E-state index is 0.0632. The van der Waals surface area contributed by atoms with E-state index < -0.39 is 11.5 Å². The highest BCUT2D eigenvalue weighted by molar-refractivity contribution is 14.2. The summed E-state index contributed by atoms with van der Waals surface area (Å²) in [6, 6.07) is 13.9. The number of aliphatic carboxylic acids is 1. The van der Waals surface area contributed by atoms with Crippen LogP contribution in [0.25, 0.3) is 0 Å². The molecule has 25 heavy (non-hydrogen) atoms. The van der Waals surface area contributed by atoms with E-state index >= 15 is 0 Å². The number of hydrogen-bond donors (Lipinski definition) is 2. The van der Waals surface area contributed by atoms with Gasteiger partial charge in [0, 0.05) is 52.1 Å². The Kier molecular flexibility index (Phi) is 6.92. The molecule has 0 saturated carbocycles. The van der Waals surface area contributed by atoms with E-state index in [0.717, 1.165) is 5.56 Å². The topological polar surface area (TPSA) is 70.0 Å². The summed E-state index contributed by atoms with van der Waals surface area (Å²) < 4.78 is 7.44. The molecule has 0 spiro atoms. The first kappa shape index (κ1) is 20.2. The molecule has 0 heterocycles. The highest BCUT2D eigenvalue weighted by atomic mass is 127. The summed E-state index contributed by atoms with van der Waals surface area (Å²) in [6.45, 7) is 3.83. The number of phenols is 1. The van der Waals surface area contributed by atoms with Gasteiger partial charge in [-0.2, -0.15) is 1.33 Å². The molecule has 5 nitrogen and oxygen atoms in total. The number of phenolic OH excluding ortho intramolecular Hbond substituents is 1. The van der Waals surface area contributed by atoms with Gasteiger partial charge < -0.3 is 14.9 Å². The van der Waals surface area contributed by atoms with Crippen molar-refractivity contribution < 1.29 is 19.7 Å². The fourth-order valence-electron chi connectivity index (χ4n) is 2.49. The monoisotopic (exact) mass is 567 g/mol. The van der Waals surface area contributed by atoms with Crippen LogP contribution in [0.15, 0.2) is 48.5 Å². The molecule has 0 aliphatic rings. The lowest BCUT2D eigenvalue weighted by Crippen LogP contribution is -2.52. The van der Waals surface area contributed by atoms with E-state index in [9.17, 15) is 15.0 Å². The Morgan fingerprint density at radius 3 is 1.96 bits per heavy atom. The molecule has 0 bridgehead atoms. The van der Waals surface area contributed by atoms with Crippen LogP contribution in [-0.4, -0.2) is 23.0 Å². The standard InChI is InChI=1S/C18H19I2NO4/c1-12(2)18(17(23)24,21(19)20)11-13-3-7-15(8-4-13)25-16-9-5-14(22)6-10-16/h3-10,12,22H,11H2,1-2H3,(H,23,24). The highest BCUT2D eigenvalue weighted by Crippen LogP contribution is 2.36. The average molecular weight is 567 g/mol. The second kappa shape index (κ2) is 8.54. The van der Waals surface area contributed by atoms with Crippen molar-refractivity contribution in [3.05, 3.63) is 54.1 Å². The molecule has 0 aliphatic carbocycles. The molecule has 1 atom stereocenters. The van der Waals surface area contributed by atoms with Gasteiger partial charge in [0.05, 0.1) is 0 Å². The van der Waals surface area contributed by atoms with Crippen LogP contribution < -0.4 is 4.74 Å². The third-order valence-electron chi connectivity index (χ3n) is 4.10. The Morgan fingerprint density at radius 1 is 1.08 bits per heavy atom. The maximum atomic E-state index is 11.9. The van der Waals surface area contributed by atoms with Gasteiger partial charge in [-0.25, -0.2) is 0 Å². The number of benzene rings is 2. The van der Waals surface area contributed by atoms with Crippen LogP contribution in [0, 0.1) is 5.92 Å². The van der Waals surface area contributed by atoms with E-state index in [2.05, 4.69) is 0 Å². The van der Waals surface area contributed by atoms with Crippen LogP contribution in [0.2, 0.25) is 0 Å². The molecule has 0 radical (unpaired) electrons. The number of aromatic hydroxyl groups is 1. The van der Waals surface area contributed by atoms with Crippen molar-refractivity contribution in [2.24, 2.45) is 5.92 Å². The molecule has 1 unspecified atom stereocenters. The minimum Gasteiger partial charge on any atom is -0.508 e. The second-order valence-corrected chi connectivity index (χ2v) is 9.81.